The number of nitrogens with zero attached hydrogens (tertiary/aromatic N) is 4. The van der Waals surface area contributed by atoms with Gasteiger partial charge in [-0.2, -0.15) is 5.26 Å². The highest BCUT2D eigenvalue weighted by Crippen LogP contribution is 2.03. The first kappa shape index (κ1) is 11.6. The summed E-state index contributed by atoms with van der Waals surface area (Å²) in [6.45, 7) is 0.486. The van der Waals surface area contributed by atoms with Crippen molar-refractivity contribution in [1.82, 2.24) is 5.32 Å². The van der Waals surface area contributed by atoms with Crippen LogP contribution in [0.15, 0.2) is 29.4 Å². The largest absolute Gasteiger partial charge is 0.352 e. The summed E-state index contributed by atoms with van der Waals surface area (Å²) < 4.78 is 0. The minimum Gasteiger partial charge on any atom is -0.352 e. The predicted octanol–water partition coefficient (Wildman–Crippen LogP) is 1.60. The van der Waals surface area contributed by atoms with E-state index < -0.39 is 0 Å². The molecule has 16 heavy (non-hydrogen) atoms. The molecule has 6 nitrogen and oxygen atoms in total. The molecule has 0 aliphatic heterocycles. The summed E-state index contributed by atoms with van der Waals surface area (Å²) in [5, 5.41) is 14.5. The average Bonchev–Trinajstić information content (AvgIpc) is 2.34. The van der Waals surface area contributed by atoms with E-state index in [-0.39, 0.29) is 19.0 Å². The van der Waals surface area contributed by atoms with E-state index in [4.69, 9.17) is 10.8 Å². The summed E-state index contributed by atoms with van der Waals surface area (Å²) in [5.41, 5.74) is 8.88. The summed E-state index contributed by atoms with van der Waals surface area (Å²) in [7, 11) is 0. The van der Waals surface area contributed by atoms with Crippen molar-refractivity contribution >= 4 is 5.91 Å². The van der Waals surface area contributed by atoms with E-state index in [0.29, 0.717) is 11.1 Å². The second kappa shape index (κ2) is 6.06. The zero-order valence-corrected chi connectivity index (χ0v) is 8.42. The van der Waals surface area contributed by atoms with Crippen LogP contribution in [-0.4, -0.2) is 19.0 Å². The lowest BCUT2D eigenvalue weighted by atomic mass is 10.1. The highest BCUT2D eigenvalue weighted by molar-refractivity contribution is 5.94. The Labute approximate surface area is 92.1 Å². The Balaban J connectivity index is 2.59. The van der Waals surface area contributed by atoms with Gasteiger partial charge in [0.2, 0.25) is 0 Å². The first-order valence-corrected chi connectivity index (χ1v) is 4.57. The second-order valence-electron chi connectivity index (χ2n) is 2.90. The van der Waals surface area contributed by atoms with Crippen molar-refractivity contribution in [3.63, 3.8) is 0 Å². The van der Waals surface area contributed by atoms with Gasteiger partial charge in [-0.25, -0.2) is 0 Å². The molecule has 6 heteroatoms. The Bertz CT molecular complexity index is 470. The van der Waals surface area contributed by atoms with E-state index in [2.05, 4.69) is 15.3 Å². The Hall–Kier alpha value is -2.51. The monoisotopic (exact) mass is 215 g/mol. The Kier molecular flexibility index (Phi) is 4.38. The van der Waals surface area contributed by atoms with Crippen molar-refractivity contribution in [3.8, 4) is 6.07 Å². The van der Waals surface area contributed by atoms with E-state index in [1.54, 1.807) is 18.2 Å². The lowest BCUT2D eigenvalue weighted by Crippen LogP contribution is -2.25. The van der Waals surface area contributed by atoms with Gasteiger partial charge in [0.15, 0.2) is 0 Å². The average molecular weight is 215 g/mol. The molecule has 0 aliphatic carbocycles. The molecule has 0 saturated heterocycles. The number of amides is 1. The van der Waals surface area contributed by atoms with Crippen LogP contribution in [0.5, 0.6) is 0 Å². The molecule has 0 aliphatic rings. The van der Waals surface area contributed by atoms with Crippen molar-refractivity contribution in [2.45, 2.75) is 0 Å². The number of carbonyl (C=O) groups excluding carboxylic acids is 1. The van der Waals surface area contributed by atoms with Crippen LogP contribution in [0, 0.1) is 11.3 Å². The molecule has 0 heterocycles. The van der Waals surface area contributed by atoms with Crippen LogP contribution in [0.1, 0.15) is 15.9 Å². The topological polar surface area (TPSA) is 102 Å². The van der Waals surface area contributed by atoms with Gasteiger partial charge in [-0.05, 0) is 23.7 Å². The molecule has 1 amide bonds. The first-order valence-electron chi connectivity index (χ1n) is 4.57. The van der Waals surface area contributed by atoms with Gasteiger partial charge < -0.3 is 5.32 Å². The minimum atomic E-state index is -0.287. The first-order chi connectivity index (χ1) is 7.77. The fourth-order valence-electron chi connectivity index (χ4n) is 1.10. The summed E-state index contributed by atoms with van der Waals surface area (Å²) in [6, 6.07) is 8.33. The van der Waals surface area contributed by atoms with Gasteiger partial charge in [-0.3, -0.25) is 4.79 Å². The van der Waals surface area contributed by atoms with Gasteiger partial charge in [0.1, 0.15) is 0 Å². The predicted molar refractivity (Wildman–Crippen MR) is 57.5 cm³/mol. The van der Waals surface area contributed by atoms with E-state index in [0.717, 1.165) is 0 Å². The molecule has 0 saturated carbocycles. The summed E-state index contributed by atoms with van der Waals surface area (Å²) in [4.78, 5) is 14.1. The van der Waals surface area contributed by atoms with Crippen LogP contribution in [0.25, 0.3) is 10.4 Å². The molecule has 0 fully saturated rings. The standard InChI is InChI=1S/C10H9N5O/c11-7-8-2-1-3-9(6-8)10(16)13-4-5-14-15-12/h1-3,6H,4-5H2,(H,13,16). The molecule has 0 spiro atoms. The Morgan fingerprint density at radius 3 is 3.12 bits per heavy atom. The van der Waals surface area contributed by atoms with E-state index in [1.807, 2.05) is 6.07 Å². The van der Waals surface area contributed by atoms with Crippen molar-refractivity contribution in [1.29, 1.82) is 5.26 Å². The lowest BCUT2D eigenvalue weighted by molar-refractivity contribution is 0.0955. The number of carbonyl (C=O) groups is 1. The van der Waals surface area contributed by atoms with Crippen LogP contribution < -0.4 is 5.32 Å². The van der Waals surface area contributed by atoms with Crippen molar-refractivity contribution in [2.24, 2.45) is 5.11 Å². The highest BCUT2D eigenvalue weighted by Gasteiger charge is 2.04. The molecular weight excluding hydrogens is 206 g/mol. The summed E-state index contributed by atoms with van der Waals surface area (Å²) in [6.07, 6.45) is 0. The zero-order chi connectivity index (χ0) is 11.8. The molecule has 1 rings (SSSR count). The number of rotatable bonds is 4. The van der Waals surface area contributed by atoms with Gasteiger partial charge in [-0.1, -0.05) is 11.2 Å². The van der Waals surface area contributed by atoms with Gasteiger partial charge >= 0.3 is 0 Å². The third kappa shape index (κ3) is 3.33. The van der Waals surface area contributed by atoms with Crippen LogP contribution in [0.3, 0.4) is 0 Å². The number of hydrogen-bond acceptors (Lipinski definition) is 3. The molecular formula is C10H9N5O. The number of hydrogen-bond donors (Lipinski definition) is 1. The maximum absolute atomic E-state index is 11.5. The van der Waals surface area contributed by atoms with Crippen molar-refractivity contribution in [3.05, 3.63) is 45.8 Å². The molecule has 1 N–H and O–H groups in total. The normalized spacial score (nSPS) is 8.69. The SMILES string of the molecule is N#Cc1cccc(C(=O)NCCN=[N+]=[N-])c1. The summed E-state index contributed by atoms with van der Waals surface area (Å²) >= 11 is 0. The van der Waals surface area contributed by atoms with E-state index in [1.165, 1.54) is 6.07 Å². The lowest BCUT2D eigenvalue weighted by Gasteiger charge is -2.02. The molecule has 1 aromatic carbocycles. The maximum atomic E-state index is 11.5. The van der Waals surface area contributed by atoms with E-state index >= 15 is 0 Å². The fraction of sp³-hybridized carbons (Fsp3) is 0.200. The van der Waals surface area contributed by atoms with Gasteiger partial charge in [0.05, 0.1) is 11.6 Å². The molecule has 0 unspecified atom stereocenters. The Morgan fingerprint density at radius 2 is 2.44 bits per heavy atom. The van der Waals surface area contributed by atoms with Crippen molar-refractivity contribution in [2.75, 3.05) is 13.1 Å². The van der Waals surface area contributed by atoms with E-state index in [9.17, 15) is 4.79 Å². The second-order valence-corrected chi connectivity index (χ2v) is 2.90. The third-order valence-corrected chi connectivity index (χ3v) is 1.81. The van der Waals surface area contributed by atoms with Crippen LogP contribution in [0.2, 0.25) is 0 Å². The quantitative estimate of drug-likeness (QED) is 0.357. The summed E-state index contributed by atoms with van der Waals surface area (Å²) in [5.74, 6) is -0.287. The molecule has 0 radical (unpaired) electrons. The molecule has 0 atom stereocenters. The Morgan fingerprint density at radius 1 is 1.62 bits per heavy atom. The maximum Gasteiger partial charge on any atom is 0.251 e. The van der Waals surface area contributed by atoms with Crippen molar-refractivity contribution < 1.29 is 4.79 Å². The zero-order valence-electron chi connectivity index (χ0n) is 8.42. The van der Waals surface area contributed by atoms with Gasteiger partial charge in [0, 0.05) is 23.6 Å². The van der Waals surface area contributed by atoms with Crippen LogP contribution >= 0.6 is 0 Å². The third-order valence-electron chi connectivity index (χ3n) is 1.81. The molecule has 0 aromatic heterocycles. The fourth-order valence-corrected chi connectivity index (χ4v) is 1.10. The highest BCUT2D eigenvalue weighted by atomic mass is 16.1. The number of nitriles is 1. The van der Waals surface area contributed by atoms with Crippen LogP contribution in [-0.2, 0) is 0 Å². The number of nitrogens with one attached hydrogen (secondary N) is 1. The minimum absolute atomic E-state index is 0.209. The van der Waals surface area contributed by atoms with Gasteiger partial charge in [-0.15, -0.1) is 0 Å². The molecule has 80 valence electrons. The van der Waals surface area contributed by atoms with Gasteiger partial charge in [0.25, 0.3) is 5.91 Å². The number of azide groups is 1. The smallest absolute Gasteiger partial charge is 0.251 e. The molecule has 0 bridgehead atoms. The van der Waals surface area contributed by atoms with Crippen LogP contribution in [0.4, 0.5) is 0 Å². The number of benzene rings is 1. The molecule has 1 aromatic rings.